The number of benzene rings is 2. The van der Waals surface area contributed by atoms with Gasteiger partial charge in [-0.2, -0.15) is 4.68 Å². The Labute approximate surface area is 156 Å². The van der Waals surface area contributed by atoms with E-state index in [1.165, 1.54) is 4.68 Å². The Bertz CT molecular complexity index is 1000. The first-order valence-electron chi connectivity index (χ1n) is 9.11. The summed E-state index contributed by atoms with van der Waals surface area (Å²) in [6.07, 6.45) is 1.75. The summed E-state index contributed by atoms with van der Waals surface area (Å²) in [7, 11) is 0. The van der Waals surface area contributed by atoms with Crippen LogP contribution in [0.4, 0.5) is 5.69 Å². The lowest BCUT2D eigenvalue weighted by atomic mass is 9.97. The number of aromatic nitrogens is 3. The highest BCUT2D eigenvalue weighted by molar-refractivity contribution is 5.92. The largest absolute Gasteiger partial charge is 0.326 e. The molecule has 1 aromatic heterocycles. The summed E-state index contributed by atoms with van der Waals surface area (Å²) in [6, 6.07) is 16.7. The summed E-state index contributed by atoms with van der Waals surface area (Å²) in [6.45, 7) is 1.77. The molecule has 2 heterocycles. The summed E-state index contributed by atoms with van der Waals surface area (Å²) in [5, 5.41) is 11.7. The Morgan fingerprint density at radius 2 is 1.89 bits per heavy atom. The van der Waals surface area contributed by atoms with Crippen molar-refractivity contribution in [1.82, 2.24) is 19.9 Å². The minimum Gasteiger partial charge on any atom is -0.326 e. The molecule has 0 unspecified atom stereocenters. The van der Waals surface area contributed by atoms with Crippen molar-refractivity contribution in [3.05, 3.63) is 65.0 Å². The Morgan fingerprint density at radius 1 is 1.11 bits per heavy atom. The van der Waals surface area contributed by atoms with E-state index in [2.05, 4.69) is 20.5 Å². The van der Waals surface area contributed by atoms with Gasteiger partial charge in [0.25, 0.3) is 5.56 Å². The van der Waals surface area contributed by atoms with Crippen LogP contribution >= 0.6 is 0 Å². The third-order valence-corrected chi connectivity index (χ3v) is 4.88. The van der Waals surface area contributed by atoms with Gasteiger partial charge in [0.15, 0.2) is 0 Å². The lowest BCUT2D eigenvalue weighted by Crippen LogP contribution is -2.43. The Balaban J connectivity index is 1.45. The zero-order valence-corrected chi connectivity index (χ0v) is 14.9. The second-order valence-corrected chi connectivity index (χ2v) is 6.82. The minimum absolute atomic E-state index is 0.0165. The van der Waals surface area contributed by atoms with Crippen LogP contribution < -0.4 is 10.9 Å². The van der Waals surface area contributed by atoms with Gasteiger partial charge in [-0.15, -0.1) is 5.10 Å². The van der Waals surface area contributed by atoms with Crippen molar-refractivity contribution in [2.45, 2.75) is 19.5 Å². The van der Waals surface area contributed by atoms with Crippen LogP contribution in [0.25, 0.3) is 10.9 Å². The van der Waals surface area contributed by atoms with Gasteiger partial charge in [0, 0.05) is 12.2 Å². The molecule has 1 saturated heterocycles. The van der Waals surface area contributed by atoms with Crippen LogP contribution in [0.2, 0.25) is 0 Å². The molecule has 7 heteroatoms. The van der Waals surface area contributed by atoms with E-state index in [4.69, 9.17) is 0 Å². The van der Waals surface area contributed by atoms with Gasteiger partial charge in [0.2, 0.25) is 5.91 Å². The fourth-order valence-corrected chi connectivity index (χ4v) is 3.47. The lowest BCUT2D eigenvalue weighted by molar-refractivity contribution is -0.121. The van der Waals surface area contributed by atoms with Gasteiger partial charge in [0.05, 0.1) is 18.0 Å². The SMILES string of the molecule is O=C(Nc1ccccc1)[C@@H]1CCCN(Cn2nnc3ccccc3c2=O)C1. The molecule has 1 amide bonds. The van der Waals surface area contributed by atoms with Crippen LogP contribution in [0.1, 0.15) is 12.8 Å². The molecule has 0 aliphatic carbocycles. The molecule has 0 spiro atoms. The van der Waals surface area contributed by atoms with Crippen LogP contribution in [0, 0.1) is 5.92 Å². The Hall–Kier alpha value is -3.06. The summed E-state index contributed by atoms with van der Waals surface area (Å²) < 4.78 is 1.37. The second kappa shape index (κ2) is 7.67. The standard InChI is InChI=1S/C20H21N5O2/c26-19(21-16-8-2-1-3-9-16)15-7-6-12-24(13-15)14-25-20(27)17-10-4-5-11-18(17)22-23-25/h1-5,8-11,15H,6-7,12-14H2,(H,21,26)/t15-/m1/s1. The number of carbonyl (C=O) groups excluding carboxylic acids is 1. The van der Waals surface area contributed by atoms with Gasteiger partial charge in [-0.3, -0.25) is 14.5 Å². The van der Waals surface area contributed by atoms with E-state index in [0.717, 1.165) is 25.1 Å². The van der Waals surface area contributed by atoms with Crippen molar-refractivity contribution in [3.63, 3.8) is 0 Å². The van der Waals surface area contributed by atoms with E-state index >= 15 is 0 Å². The van der Waals surface area contributed by atoms with Crippen molar-refractivity contribution < 1.29 is 4.79 Å². The van der Waals surface area contributed by atoms with E-state index in [-0.39, 0.29) is 17.4 Å². The predicted octanol–water partition coefficient (Wildman–Crippen LogP) is 2.10. The van der Waals surface area contributed by atoms with Crippen LogP contribution in [0.5, 0.6) is 0 Å². The monoisotopic (exact) mass is 363 g/mol. The van der Waals surface area contributed by atoms with Gasteiger partial charge in [0.1, 0.15) is 5.52 Å². The van der Waals surface area contributed by atoms with Crippen molar-refractivity contribution in [3.8, 4) is 0 Å². The van der Waals surface area contributed by atoms with Crippen molar-refractivity contribution in [2.75, 3.05) is 18.4 Å². The minimum atomic E-state index is -0.156. The molecule has 27 heavy (non-hydrogen) atoms. The molecule has 2 aromatic carbocycles. The average Bonchev–Trinajstić information content (AvgIpc) is 2.71. The highest BCUT2D eigenvalue weighted by Crippen LogP contribution is 2.19. The van der Waals surface area contributed by atoms with Crippen LogP contribution in [-0.2, 0) is 11.5 Å². The van der Waals surface area contributed by atoms with Crippen LogP contribution in [0.15, 0.2) is 59.4 Å². The number of likely N-dealkylation sites (tertiary alicyclic amines) is 1. The molecule has 0 radical (unpaired) electrons. The molecule has 1 aliphatic rings. The molecule has 3 aromatic rings. The Morgan fingerprint density at radius 3 is 2.74 bits per heavy atom. The van der Waals surface area contributed by atoms with Crippen molar-refractivity contribution in [1.29, 1.82) is 0 Å². The van der Waals surface area contributed by atoms with E-state index in [9.17, 15) is 9.59 Å². The van der Waals surface area contributed by atoms with Gasteiger partial charge in [-0.25, -0.2) is 0 Å². The zero-order valence-electron chi connectivity index (χ0n) is 14.9. The number of fused-ring (bicyclic) bond motifs is 1. The smallest absolute Gasteiger partial charge is 0.278 e. The molecule has 7 nitrogen and oxygen atoms in total. The predicted molar refractivity (Wildman–Crippen MR) is 103 cm³/mol. The molecular weight excluding hydrogens is 342 g/mol. The maximum absolute atomic E-state index is 12.6. The number of nitrogens with zero attached hydrogens (tertiary/aromatic N) is 4. The van der Waals surface area contributed by atoms with Gasteiger partial charge < -0.3 is 5.32 Å². The van der Waals surface area contributed by atoms with E-state index in [1.54, 1.807) is 12.1 Å². The fraction of sp³-hybridized carbons (Fsp3) is 0.300. The molecule has 138 valence electrons. The molecule has 1 fully saturated rings. The number of amides is 1. The maximum atomic E-state index is 12.6. The maximum Gasteiger partial charge on any atom is 0.278 e. The second-order valence-electron chi connectivity index (χ2n) is 6.82. The number of hydrogen-bond donors (Lipinski definition) is 1. The third-order valence-electron chi connectivity index (χ3n) is 4.88. The van der Waals surface area contributed by atoms with E-state index in [0.29, 0.717) is 24.1 Å². The summed E-state index contributed by atoms with van der Waals surface area (Å²) >= 11 is 0. The number of carbonyl (C=O) groups is 1. The quantitative estimate of drug-likeness (QED) is 0.768. The average molecular weight is 363 g/mol. The molecule has 1 aliphatic heterocycles. The van der Waals surface area contributed by atoms with Crippen LogP contribution in [0.3, 0.4) is 0 Å². The number of rotatable bonds is 4. The summed E-state index contributed by atoms with van der Waals surface area (Å²) in [4.78, 5) is 27.3. The highest BCUT2D eigenvalue weighted by atomic mass is 16.2. The van der Waals surface area contributed by atoms with Gasteiger partial charge >= 0.3 is 0 Å². The number of piperidine rings is 1. The first kappa shape index (κ1) is 17.4. The Kier molecular flexibility index (Phi) is 4.93. The molecule has 1 atom stereocenters. The van der Waals surface area contributed by atoms with Crippen molar-refractivity contribution >= 4 is 22.5 Å². The third kappa shape index (κ3) is 3.88. The van der Waals surface area contributed by atoms with Crippen LogP contribution in [-0.4, -0.2) is 38.9 Å². The van der Waals surface area contributed by atoms with Gasteiger partial charge in [-0.1, -0.05) is 35.5 Å². The number of hydrogen-bond acceptors (Lipinski definition) is 5. The first-order valence-corrected chi connectivity index (χ1v) is 9.11. The molecule has 0 bridgehead atoms. The lowest BCUT2D eigenvalue weighted by Gasteiger charge is -2.31. The number of anilines is 1. The molecule has 1 N–H and O–H groups in total. The summed E-state index contributed by atoms with van der Waals surface area (Å²) in [5.41, 5.74) is 1.24. The molecule has 4 rings (SSSR count). The molecule has 0 saturated carbocycles. The summed E-state index contributed by atoms with van der Waals surface area (Å²) in [5.74, 6) is -0.0917. The van der Waals surface area contributed by atoms with E-state index < -0.39 is 0 Å². The molecular formula is C20H21N5O2. The van der Waals surface area contributed by atoms with Crippen molar-refractivity contribution in [2.24, 2.45) is 5.92 Å². The normalized spacial score (nSPS) is 17.7. The number of nitrogens with one attached hydrogen (secondary N) is 1. The highest BCUT2D eigenvalue weighted by Gasteiger charge is 2.26. The fourth-order valence-electron chi connectivity index (χ4n) is 3.47. The van der Waals surface area contributed by atoms with Gasteiger partial charge in [-0.05, 0) is 43.7 Å². The zero-order chi connectivity index (χ0) is 18.6. The topological polar surface area (TPSA) is 80.1 Å². The number of para-hydroxylation sites is 1. The van der Waals surface area contributed by atoms with E-state index in [1.807, 2.05) is 42.5 Å². The first-order chi connectivity index (χ1) is 13.2.